The van der Waals surface area contributed by atoms with E-state index >= 15 is 0 Å². The van der Waals surface area contributed by atoms with Crippen LogP contribution in [0, 0.1) is 0 Å². The zero-order valence-corrected chi connectivity index (χ0v) is 18.7. The number of benzene rings is 2. The Kier molecular flexibility index (Phi) is 5.48. The van der Waals surface area contributed by atoms with Gasteiger partial charge in [0.15, 0.2) is 17.3 Å². The molecule has 1 amide bonds. The second-order valence-corrected chi connectivity index (χ2v) is 9.72. The summed E-state index contributed by atoms with van der Waals surface area (Å²) in [6.07, 6.45) is 0. The van der Waals surface area contributed by atoms with Crippen LogP contribution in [0.15, 0.2) is 70.9 Å². The van der Waals surface area contributed by atoms with E-state index in [9.17, 15) is 13.2 Å². The Balaban J connectivity index is 1.26. The van der Waals surface area contributed by atoms with Crippen molar-refractivity contribution in [3.63, 3.8) is 0 Å². The van der Waals surface area contributed by atoms with E-state index in [1.165, 1.54) is 36.4 Å². The predicted molar refractivity (Wildman–Crippen MR) is 125 cm³/mol. The minimum Gasteiger partial charge on any atom is -0.486 e. The molecule has 1 aliphatic rings. The lowest BCUT2D eigenvalue weighted by Crippen LogP contribution is -2.17. The number of carbonyl (C=O) groups excluding carboxylic acids is 1. The largest absolute Gasteiger partial charge is 0.486 e. The van der Waals surface area contributed by atoms with E-state index in [-0.39, 0.29) is 10.8 Å². The van der Waals surface area contributed by atoms with Crippen LogP contribution in [0.3, 0.4) is 0 Å². The molecule has 33 heavy (non-hydrogen) atoms. The summed E-state index contributed by atoms with van der Waals surface area (Å²) in [5.74, 6) is 0.930. The molecule has 2 aromatic carbocycles. The highest BCUT2D eigenvalue weighted by Gasteiger charge is 2.20. The van der Waals surface area contributed by atoms with E-state index in [4.69, 9.17) is 9.47 Å². The lowest BCUT2D eigenvalue weighted by Gasteiger charge is -2.19. The van der Waals surface area contributed by atoms with Gasteiger partial charge in [-0.3, -0.25) is 14.6 Å². The van der Waals surface area contributed by atoms with Crippen molar-refractivity contribution >= 4 is 38.8 Å². The van der Waals surface area contributed by atoms with Crippen molar-refractivity contribution in [1.29, 1.82) is 0 Å². The smallest absolute Gasteiger partial charge is 0.262 e. The van der Waals surface area contributed by atoms with Crippen molar-refractivity contribution in [2.45, 2.75) is 4.90 Å². The molecule has 0 bridgehead atoms. The normalized spacial score (nSPS) is 12.8. The van der Waals surface area contributed by atoms with Crippen LogP contribution < -0.4 is 19.5 Å². The Morgan fingerprint density at radius 1 is 1.00 bits per heavy atom. The molecule has 0 saturated carbocycles. The number of nitrogens with one attached hydrogen (secondary N) is 3. The second-order valence-electron chi connectivity index (χ2n) is 7.09. The molecule has 0 fully saturated rings. The molecule has 0 spiro atoms. The van der Waals surface area contributed by atoms with E-state index < -0.39 is 10.0 Å². The number of carbonyl (C=O) groups is 1. The lowest BCUT2D eigenvalue weighted by atomic mass is 10.2. The molecule has 11 heteroatoms. The molecule has 4 aromatic rings. The average molecular weight is 483 g/mol. The third-order valence-electron chi connectivity index (χ3n) is 4.83. The van der Waals surface area contributed by atoms with E-state index in [1.807, 2.05) is 17.5 Å². The van der Waals surface area contributed by atoms with Gasteiger partial charge >= 0.3 is 0 Å². The number of anilines is 2. The van der Waals surface area contributed by atoms with E-state index in [1.54, 1.807) is 23.5 Å². The molecule has 5 rings (SSSR count). The van der Waals surface area contributed by atoms with Crippen LogP contribution in [0.4, 0.5) is 11.5 Å². The number of hydrogen-bond acceptors (Lipinski definition) is 7. The highest BCUT2D eigenvalue weighted by molar-refractivity contribution is 7.92. The summed E-state index contributed by atoms with van der Waals surface area (Å²) < 4.78 is 38.9. The minimum atomic E-state index is -3.85. The standard InChI is InChI=1S/C22H18N4O5S2/c27-22(23-21-13-17(24-25-21)20-2-1-11-32-20)14-3-5-15(6-4-14)26-33(28,29)16-7-8-18-19(12-16)31-10-9-30-18/h1-8,11-13,26H,9-10H2,(H2,23,24,25,27). The van der Waals surface area contributed by atoms with Gasteiger partial charge in [0, 0.05) is 23.4 Å². The van der Waals surface area contributed by atoms with Crippen LogP contribution in [-0.4, -0.2) is 37.7 Å². The Morgan fingerprint density at radius 2 is 1.79 bits per heavy atom. The summed E-state index contributed by atoms with van der Waals surface area (Å²) in [6.45, 7) is 0.786. The van der Waals surface area contributed by atoms with Gasteiger partial charge in [-0.2, -0.15) is 5.10 Å². The number of nitrogens with zero attached hydrogens (tertiary/aromatic N) is 1. The minimum absolute atomic E-state index is 0.0497. The third-order valence-corrected chi connectivity index (χ3v) is 7.11. The van der Waals surface area contributed by atoms with Gasteiger partial charge in [-0.1, -0.05) is 6.07 Å². The van der Waals surface area contributed by atoms with Gasteiger partial charge < -0.3 is 14.8 Å². The van der Waals surface area contributed by atoms with Gasteiger partial charge in [-0.25, -0.2) is 8.42 Å². The number of ether oxygens (including phenoxy) is 2. The predicted octanol–water partition coefficient (Wildman–Crippen LogP) is 3.96. The zero-order valence-electron chi connectivity index (χ0n) is 17.1. The fraction of sp³-hybridized carbons (Fsp3) is 0.0909. The summed E-state index contributed by atoms with van der Waals surface area (Å²) in [6, 6.07) is 16.2. The van der Waals surface area contributed by atoms with E-state index in [0.29, 0.717) is 41.8 Å². The number of rotatable bonds is 6. The molecule has 3 heterocycles. The Hall–Kier alpha value is -3.83. The van der Waals surface area contributed by atoms with Crippen molar-refractivity contribution in [2.75, 3.05) is 23.3 Å². The fourth-order valence-electron chi connectivity index (χ4n) is 3.23. The van der Waals surface area contributed by atoms with Crippen molar-refractivity contribution in [1.82, 2.24) is 10.2 Å². The topological polar surface area (TPSA) is 122 Å². The third kappa shape index (κ3) is 4.54. The number of sulfonamides is 1. The van der Waals surface area contributed by atoms with Crippen LogP contribution in [-0.2, 0) is 10.0 Å². The van der Waals surface area contributed by atoms with Crippen LogP contribution in [0.25, 0.3) is 10.6 Å². The van der Waals surface area contributed by atoms with Gasteiger partial charge in [0.25, 0.3) is 15.9 Å². The quantitative estimate of drug-likeness (QED) is 0.382. The summed E-state index contributed by atoms with van der Waals surface area (Å²) >= 11 is 1.56. The Morgan fingerprint density at radius 3 is 2.55 bits per heavy atom. The summed E-state index contributed by atoms with van der Waals surface area (Å²) in [5, 5.41) is 11.7. The van der Waals surface area contributed by atoms with E-state index in [2.05, 4.69) is 20.2 Å². The first-order valence-corrected chi connectivity index (χ1v) is 12.3. The Bertz CT molecular complexity index is 1400. The number of hydrogen-bond donors (Lipinski definition) is 3. The number of fused-ring (bicyclic) bond motifs is 1. The summed E-state index contributed by atoms with van der Waals surface area (Å²) in [7, 11) is -3.85. The zero-order chi connectivity index (χ0) is 22.8. The first kappa shape index (κ1) is 21.0. The van der Waals surface area contributed by atoms with Crippen LogP contribution in [0.5, 0.6) is 11.5 Å². The SMILES string of the molecule is O=C(Nc1cc(-c2cccs2)[nH]n1)c1ccc(NS(=O)(=O)c2ccc3c(c2)OCCO3)cc1. The summed E-state index contributed by atoms with van der Waals surface area (Å²) in [5.41, 5.74) is 1.49. The van der Waals surface area contributed by atoms with Gasteiger partial charge in [0.2, 0.25) is 0 Å². The highest BCUT2D eigenvalue weighted by atomic mass is 32.2. The maximum atomic E-state index is 12.7. The molecule has 1 aliphatic heterocycles. The number of H-pyrrole nitrogens is 1. The van der Waals surface area contributed by atoms with Crippen molar-refractivity contribution < 1.29 is 22.7 Å². The monoisotopic (exact) mass is 482 g/mol. The molecule has 3 N–H and O–H groups in total. The van der Waals surface area contributed by atoms with Crippen molar-refractivity contribution in [3.8, 4) is 22.1 Å². The summed E-state index contributed by atoms with van der Waals surface area (Å²) in [4.78, 5) is 13.6. The maximum absolute atomic E-state index is 12.7. The van der Waals surface area contributed by atoms with Crippen molar-refractivity contribution in [3.05, 3.63) is 71.6 Å². The molecule has 9 nitrogen and oxygen atoms in total. The van der Waals surface area contributed by atoms with Gasteiger partial charge in [-0.15, -0.1) is 11.3 Å². The maximum Gasteiger partial charge on any atom is 0.262 e. The van der Waals surface area contributed by atoms with Crippen molar-refractivity contribution in [2.24, 2.45) is 0 Å². The molecular weight excluding hydrogens is 464 g/mol. The number of amides is 1. The molecular formula is C22H18N4O5S2. The first-order chi connectivity index (χ1) is 16.0. The second kappa shape index (κ2) is 8.60. The van der Waals surface area contributed by atoms with Crippen LogP contribution in [0.2, 0.25) is 0 Å². The molecule has 0 unspecified atom stereocenters. The van der Waals surface area contributed by atoms with Gasteiger partial charge in [-0.05, 0) is 47.8 Å². The molecule has 0 saturated heterocycles. The van der Waals surface area contributed by atoms with Crippen LogP contribution in [0.1, 0.15) is 10.4 Å². The lowest BCUT2D eigenvalue weighted by molar-refractivity contribution is 0.102. The first-order valence-electron chi connectivity index (χ1n) is 9.91. The molecule has 0 aliphatic carbocycles. The van der Waals surface area contributed by atoms with Gasteiger partial charge in [0.05, 0.1) is 15.5 Å². The number of thiophene rings is 1. The highest BCUT2D eigenvalue weighted by Crippen LogP contribution is 2.32. The fourth-order valence-corrected chi connectivity index (χ4v) is 4.99. The average Bonchev–Trinajstić information content (AvgIpc) is 3.51. The molecule has 0 radical (unpaired) electrons. The van der Waals surface area contributed by atoms with Gasteiger partial charge in [0.1, 0.15) is 13.2 Å². The van der Waals surface area contributed by atoms with Crippen LogP contribution >= 0.6 is 11.3 Å². The number of aromatic nitrogens is 2. The molecule has 0 atom stereocenters. The Labute approximate surface area is 193 Å². The van der Waals surface area contributed by atoms with E-state index in [0.717, 1.165) is 10.6 Å². The molecule has 2 aromatic heterocycles. The number of aromatic amines is 1. The molecule has 168 valence electrons.